The smallest absolute Gasteiger partial charge is 0.272 e. The molecule has 3 heterocycles. The molecule has 0 N–H and O–H groups in total. The molecule has 0 saturated heterocycles. The molecule has 3 aromatic heterocycles. The first-order chi connectivity index (χ1) is 15.2. The zero-order chi connectivity index (χ0) is 21.2. The third kappa shape index (κ3) is 4.13. The number of benzene rings is 2. The molecule has 0 atom stereocenters. The predicted octanol–water partition coefficient (Wildman–Crippen LogP) is 5.85. The Kier molecular flexibility index (Phi) is 5.57. The molecule has 31 heavy (non-hydrogen) atoms. The van der Waals surface area contributed by atoms with Crippen LogP contribution in [0, 0.1) is 6.92 Å². The molecule has 0 aliphatic carbocycles. The fourth-order valence-electron chi connectivity index (χ4n) is 3.68. The summed E-state index contributed by atoms with van der Waals surface area (Å²) < 4.78 is 2.52. The van der Waals surface area contributed by atoms with Gasteiger partial charge >= 0.3 is 0 Å². The van der Waals surface area contributed by atoms with E-state index in [4.69, 9.17) is 4.98 Å². The van der Waals surface area contributed by atoms with Crippen LogP contribution in [0.4, 0.5) is 0 Å². The summed E-state index contributed by atoms with van der Waals surface area (Å²) in [5, 5.41) is 1.71. The highest BCUT2D eigenvalue weighted by Crippen LogP contribution is 2.31. The molecule has 4 nitrogen and oxygen atoms in total. The van der Waals surface area contributed by atoms with E-state index in [9.17, 15) is 4.79 Å². The molecule has 5 rings (SSSR count). The second-order valence-corrected chi connectivity index (χ2v) is 9.44. The number of rotatable bonds is 6. The summed E-state index contributed by atoms with van der Waals surface area (Å²) in [5.74, 6) is 0.769. The summed E-state index contributed by atoms with van der Waals surface area (Å²) >= 11 is 3.05. The van der Waals surface area contributed by atoms with Gasteiger partial charge in [0.2, 0.25) is 0 Å². The van der Waals surface area contributed by atoms with E-state index in [-0.39, 0.29) is 5.56 Å². The van der Waals surface area contributed by atoms with Gasteiger partial charge < -0.3 is 0 Å². The molecule has 5 aromatic rings. The second kappa shape index (κ2) is 8.65. The van der Waals surface area contributed by atoms with E-state index in [1.807, 2.05) is 34.9 Å². The van der Waals surface area contributed by atoms with Crippen LogP contribution in [0.3, 0.4) is 0 Å². The largest absolute Gasteiger partial charge is 0.286 e. The van der Waals surface area contributed by atoms with Gasteiger partial charge in [-0.05, 0) is 36.6 Å². The van der Waals surface area contributed by atoms with Crippen LogP contribution >= 0.6 is 23.1 Å². The maximum Gasteiger partial charge on any atom is 0.272 e. The quantitative estimate of drug-likeness (QED) is 0.244. The Bertz CT molecular complexity index is 1420. The maximum atomic E-state index is 13.5. The number of aromatic nitrogens is 3. The van der Waals surface area contributed by atoms with Crippen LogP contribution in [-0.2, 0) is 18.7 Å². The Hall–Kier alpha value is -2.96. The summed E-state index contributed by atoms with van der Waals surface area (Å²) in [7, 11) is 0. The van der Waals surface area contributed by atoms with Crippen molar-refractivity contribution in [2.24, 2.45) is 0 Å². The highest BCUT2D eigenvalue weighted by molar-refractivity contribution is 7.98. The minimum atomic E-state index is 0.0238. The third-order valence-electron chi connectivity index (χ3n) is 5.24. The van der Waals surface area contributed by atoms with Gasteiger partial charge in [-0.25, -0.2) is 9.97 Å². The predicted molar refractivity (Wildman–Crippen MR) is 130 cm³/mol. The molecule has 0 bridgehead atoms. The van der Waals surface area contributed by atoms with Gasteiger partial charge in [0.25, 0.3) is 5.56 Å². The van der Waals surface area contributed by atoms with E-state index < -0.39 is 0 Å². The Labute approximate surface area is 188 Å². The van der Waals surface area contributed by atoms with Crippen molar-refractivity contribution in [2.75, 3.05) is 0 Å². The molecular formula is C25H21N3OS2. The maximum absolute atomic E-state index is 13.5. The monoisotopic (exact) mass is 443 g/mol. The first kappa shape index (κ1) is 20.0. The first-order valence-electron chi connectivity index (χ1n) is 10.2. The molecule has 0 spiro atoms. The summed E-state index contributed by atoms with van der Waals surface area (Å²) in [4.78, 5) is 23.8. The Morgan fingerprint density at radius 3 is 2.68 bits per heavy atom. The molecule has 0 fully saturated rings. The van der Waals surface area contributed by atoms with Crippen molar-refractivity contribution in [3.63, 3.8) is 0 Å². The summed E-state index contributed by atoms with van der Waals surface area (Å²) in [6, 6.07) is 22.6. The zero-order valence-corrected chi connectivity index (χ0v) is 18.7. The average Bonchev–Trinajstić information content (AvgIpc) is 3.17. The van der Waals surface area contributed by atoms with Crippen LogP contribution < -0.4 is 5.56 Å². The molecular weight excluding hydrogens is 422 g/mol. The number of nitrogens with zero attached hydrogens (tertiary/aromatic N) is 3. The molecule has 0 aliphatic heterocycles. The third-order valence-corrected chi connectivity index (χ3v) is 7.37. The molecule has 0 unspecified atom stereocenters. The lowest BCUT2D eigenvalue weighted by Crippen LogP contribution is -2.23. The van der Waals surface area contributed by atoms with Crippen molar-refractivity contribution in [1.29, 1.82) is 0 Å². The number of hydrogen-bond acceptors (Lipinski definition) is 5. The molecule has 154 valence electrons. The minimum absolute atomic E-state index is 0.0238. The fourth-order valence-corrected chi connectivity index (χ4v) is 5.68. The molecule has 6 heteroatoms. The Morgan fingerprint density at radius 1 is 1.00 bits per heavy atom. The summed E-state index contributed by atoms with van der Waals surface area (Å²) in [6.07, 6.45) is 2.55. The number of fused-ring (bicyclic) bond motifs is 3. The number of hydrogen-bond donors (Lipinski definition) is 0. The van der Waals surface area contributed by atoms with Crippen molar-refractivity contribution < 1.29 is 0 Å². The Morgan fingerprint density at radius 2 is 1.84 bits per heavy atom. The van der Waals surface area contributed by atoms with Crippen LogP contribution in [0.5, 0.6) is 0 Å². The van der Waals surface area contributed by atoms with Gasteiger partial charge in [0.1, 0.15) is 9.53 Å². The van der Waals surface area contributed by atoms with Gasteiger partial charge in [0.05, 0.1) is 5.52 Å². The van der Waals surface area contributed by atoms with Crippen LogP contribution in [0.1, 0.15) is 16.7 Å². The zero-order valence-electron chi connectivity index (χ0n) is 17.1. The standard InChI is InChI=1S/C25H21N3OS2/c1-17-7-5-10-19(15-17)16-30-25-27-21-20-11-6-13-26-23(20)31-22(21)24(29)28(25)14-12-18-8-3-2-4-9-18/h2-11,13,15H,12,14,16H2,1H3. The molecule has 0 saturated carbocycles. The SMILES string of the molecule is Cc1cccc(CSc2nc3c(sc4ncccc43)c(=O)n2CCc2ccccc2)c1. The second-order valence-electron chi connectivity index (χ2n) is 7.50. The molecule has 0 aliphatic rings. The lowest BCUT2D eigenvalue weighted by molar-refractivity contribution is 0.596. The van der Waals surface area contributed by atoms with Crippen LogP contribution in [-0.4, -0.2) is 14.5 Å². The van der Waals surface area contributed by atoms with Crippen molar-refractivity contribution in [2.45, 2.75) is 30.8 Å². The van der Waals surface area contributed by atoms with Gasteiger partial charge in [-0.15, -0.1) is 11.3 Å². The van der Waals surface area contributed by atoms with Gasteiger partial charge in [-0.3, -0.25) is 9.36 Å². The normalized spacial score (nSPS) is 11.4. The van der Waals surface area contributed by atoms with Crippen LogP contribution in [0.25, 0.3) is 20.4 Å². The lowest BCUT2D eigenvalue weighted by atomic mass is 10.1. The number of aryl methyl sites for hydroxylation is 2. The molecule has 0 radical (unpaired) electrons. The van der Waals surface area contributed by atoms with E-state index in [1.165, 1.54) is 28.0 Å². The van der Waals surface area contributed by atoms with Gasteiger partial charge in [-0.1, -0.05) is 71.9 Å². The number of thioether (sulfide) groups is 1. The first-order valence-corrected chi connectivity index (χ1v) is 12.0. The van der Waals surface area contributed by atoms with E-state index in [2.05, 4.69) is 48.3 Å². The topological polar surface area (TPSA) is 47.8 Å². The van der Waals surface area contributed by atoms with Crippen molar-refractivity contribution >= 4 is 43.5 Å². The number of pyridine rings is 1. The number of thiophene rings is 1. The lowest BCUT2D eigenvalue weighted by Gasteiger charge is -2.12. The van der Waals surface area contributed by atoms with Crippen molar-refractivity contribution in [1.82, 2.24) is 14.5 Å². The van der Waals surface area contributed by atoms with E-state index in [1.54, 1.807) is 18.0 Å². The van der Waals surface area contributed by atoms with Gasteiger partial charge in [-0.2, -0.15) is 0 Å². The summed E-state index contributed by atoms with van der Waals surface area (Å²) in [5.41, 5.74) is 4.46. The molecule has 0 amide bonds. The van der Waals surface area contributed by atoms with Crippen molar-refractivity contribution in [3.05, 3.63) is 100.0 Å². The fraction of sp³-hybridized carbons (Fsp3) is 0.160. The minimum Gasteiger partial charge on any atom is -0.286 e. The van der Waals surface area contributed by atoms with Crippen molar-refractivity contribution in [3.8, 4) is 0 Å². The van der Waals surface area contributed by atoms with Gasteiger partial charge in [0.15, 0.2) is 5.16 Å². The molecule has 2 aromatic carbocycles. The van der Waals surface area contributed by atoms with E-state index in [0.717, 1.165) is 33.1 Å². The highest BCUT2D eigenvalue weighted by atomic mass is 32.2. The Balaban J connectivity index is 1.57. The van der Waals surface area contributed by atoms with Crippen LogP contribution in [0.15, 0.2) is 82.9 Å². The summed E-state index contributed by atoms with van der Waals surface area (Å²) in [6.45, 7) is 2.70. The van der Waals surface area contributed by atoms with E-state index in [0.29, 0.717) is 11.2 Å². The average molecular weight is 444 g/mol. The van der Waals surface area contributed by atoms with Gasteiger partial charge in [0, 0.05) is 23.9 Å². The van der Waals surface area contributed by atoms with E-state index >= 15 is 0 Å². The highest BCUT2D eigenvalue weighted by Gasteiger charge is 2.17. The van der Waals surface area contributed by atoms with Crippen LogP contribution in [0.2, 0.25) is 0 Å².